The summed E-state index contributed by atoms with van der Waals surface area (Å²) >= 11 is 5.76. The Morgan fingerprint density at radius 1 is 1.29 bits per heavy atom. The Morgan fingerprint density at radius 3 is 2.88 bits per heavy atom. The third-order valence-electron chi connectivity index (χ3n) is 2.34. The minimum absolute atomic E-state index is 0.307. The van der Waals surface area contributed by atoms with Gasteiger partial charge in [-0.1, -0.05) is 17.7 Å². The number of rotatable bonds is 3. The lowest BCUT2D eigenvalue weighted by atomic mass is 10.2. The number of aromatic nitrogens is 1. The lowest BCUT2D eigenvalue weighted by molar-refractivity contribution is 0.302. The molecule has 0 fully saturated rings. The highest BCUT2D eigenvalue weighted by Gasteiger charge is 2.02. The molecule has 0 unspecified atom stereocenters. The molecule has 0 aliphatic rings. The first-order chi connectivity index (χ1) is 8.15. The maximum atomic E-state index is 13.0. The molecule has 1 heterocycles. The average Bonchev–Trinajstić information content (AvgIpc) is 2.30. The number of hydrogen-bond acceptors (Lipinski definition) is 2. The predicted octanol–water partition coefficient (Wildman–Crippen LogP) is 3.76. The van der Waals surface area contributed by atoms with Crippen LogP contribution in [0.3, 0.4) is 0 Å². The summed E-state index contributed by atoms with van der Waals surface area (Å²) in [5.74, 6) is 0.233. The number of nitrogens with zero attached hydrogens (tertiary/aromatic N) is 1. The molecule has 4 heteroatoms. The highest BCUT2D eigenvalue weighted by molar-refractivity contribution is 6.29. The molecule has 0 bridgehead atoms. The molecule has 0 spiro atoms. The zero-order chi connectivity index (χ0) is 12.3. The van der Waals surface area contributed by atoms with Gasteiger partial charge in [0.1, 0.15) is 23.3 Å². The van der Waals surface area contributed by atoms with Crippen molar-refractivity contribution in [3.05, 3.63) is 58.6 Å². The molecule has 0 saturated heterocycles. The van der Waals surface area contributed by atoms with Gasteiger partial charge in [-0.15, -0.1) is 0 Å². The van der Waals surface area contributed by atoms with Gasteiger partial charge in [-0.05, 0) is 36.2 Å². The van der Waals surface area contributed by atoms with E-state index >= 15 is 0 Å². The first-order valence-electron chi connectivity index (χ1n) is 5.14. The third-order valence-corrected chi connectivity index (χ3v) is 2.54. The van der Waals surface area contributed by atoms with Crippen LogP contribution in [0.15, 0.2) is 36.5 Å². The van der Waals surface area contributed by atoms with Gasteiger partial charge in [0.25, 0.3) is 0 Å². The van der Waals surface area contributed by atoms with Gasteiger partial charge in [-0.2, -0.15) is 0 Å². The molecule has 0 radical (unpaired) electrons. The van der Waals surface area contributed by atoms with Gasteiger partial charge in [0.05, 0.1) is 0 Å². The Balaban J connectivity index is 2.09. The van der Waals surface area contributed by atoms with Crippen LogP contribution in [0.4, 0.5) is 4.39 Å². The molecule has 88 valence electrons. The van der Waals surface area contributed by atoms with Crippen LogP contribution >= 0.6 is 11.6 Å². The first kappa shape index (κ1) is 11.9. The zero-order valence-corrected chi connectivity index (χ0v) is 10.0. The van der Waals surface area contributed by atoms with Crippen LogP contribution in [0.1, 0.15) is 11.1 Å². The zero-order valence-electron chi connectivity index (χ0n) is 9.28. The Hall–Kier alpha value is -1.61. The normalized spacial score (nSPS) is 10.3. The van der Waals surface area contributed by atoms with E-state index in [1.54, 1.807) is 24.4 Å². The Labute approximate surface area is 104 Å². The van der Waals surface area contributed by atoms with Crippen molar-refractivity contribution in [2.45, 2.75) is 13.5 Å². The number of pyridine rings is 1. The maximum absolute atomic E-state index is 13.0. The van der Waals surface area contributed by atoms with Gasteiger partial charge in [0.15, 0.2) is 0 Å². The molecular formula is C13H11ClFNO. The van der Waals surface area contributed by atoms with Crippen molar-refractivity contribution < 1.29 is 9.13 Å². The minimum Gasteiger partial charge on any atom is -0.489 e. The Morgan fingerprint density at radius 2 is 2.12 bits per heavy atom. The van der Waals surface area contributed by atoms with E-state index in [4.69, 9.17) is 16.3 Å². The van der Waals surface area contributed by atoms with Crippen LogP contribution in [0, 0.1) is 12.7 Å². The largest absolute Gasteiger partial charge is 0.489 e. The fraction of sp³-hybridized carbons (Fsp3) is 0.154. The number of aryl methyl sites for hydroxylation is 1. The molecule has 0 aliphatic carbocycles. The molecule has 17 heavy (non-hydrogen) atoms. The molecule has 0 amide bonds. The standard InChI is InChI=1S/C13H11ClFNO/c1-9-2-3-11(15)7-12(9)17-8-10-4-5-16-13(14)6-10/h2-7H,8H2,1H3. The monoisotopic (exact) mass is 251 g/mol. The molecule has 2 rings (SSSR count). The fourth-order valence-corrected chi connectivity index (χ4v) is 1.62. The molecule has 2 nitrogen and oxygen atoms in total. The van der Waals surface area contributed by atoms with E-state index in [9.17, 15) is 4.39 Å². The van der Waals surface area contributed by atoms with Crippen molar-refractivity contribution in [3.8, 4) is 5.75 Å². The molecular weight excluding hydrogens is 241 g/mol. The summed E-state index contributed by atoms with van der Waals surface area (Å²) in [6, 6.07) is 7.99. The SMILES string of the molecule is Cc1ccc(F)cc1OCc1ccnc(Cl)c1. The van der Waals surface area contributed by atoms with Gasteiger partial charge in [-0.3, -0.25) is 0 Å². The van der Waals surface area contributed by atoms with Gasteiger partial charge in [-0.25, -0.2) is 9.37 Å². The van der Waals surface area contributed by atoms with Crippen molar-refractivity contribution in [2.75, 3.05) is 0 Å². The van der Waals surface area contributed by atoms with Crippen molar-refractivity contribution in [3.63, 3.8) is 0 Å². The van der Waals surface area contributed by atoms with Crippen molar-refractivity contribution in [1.29, 1.82) is 0 Å². The van der Waals surface area contributed by atoms with E-state index in [2.05, 4.69) is 4.98 Å². The Kier molecular flexibility index (Phi) is 3.59. The lowest BCUT2D eigenvalue weighted by Gasteiger charge is -2.09. The molecule has 0 aliphatic heterocycles. The minimum atomic E-state index is -0.307. The van der Waals surface area contributed by atoms with Crippen molar-refractivity contribution in [2.24, 2.45) is 0 Å². The average molecular weight is 252 g/mol. The molecule has 2 aromatic rings. The molecule has 0 saturated carbocycles. The van der Waals surface area contributed by atoms with E-state index in [-0.39, 0.29) is 5.82 Å². The van der Waals surface area contributed by atoms with Crippen molar-refractivity contribution in [1.82, 2.24) is 4.98 Å². The van der Waals surface area contributed by atoms with Crippen LogP contribution in [-0.2, 0) is 6.61 Å². The maximum Gasteiger partial charge on any atom is 0.129 e. The van der Waals surface area contributed by atoms with E-state index in [0.717, 1.165) is 11.1 Å². The second kappa shape index (κ2) is 5.15. The highest BCUT2D eigenvalue weighted by Crippen LogP contribution is 2.20. The van der Waals surface area contributed by atoms with Crippen LogP contribution in [0.25, 0.3) is 0 Å². The van der Waals surface area contributed by atoms with E-state index in [0.29, 0.717) is 17.5 Å². The molecule has 0 atom stereocenters. The number of ether oxygens (including phenoxy) is 1. The van der Waals surface area contributed by atoms with Crippen LogP contribution in [0.5, 0.6) is 5.75 Å². The summed E-state index contributed by atoms with van der Waals surface area (Å²) in [6.07, 6.45) is 1.61. The van der Waals surface area contributed by atoms with Crippen molar-refractivity contribution >= 4 is 11.6 Å². The Bertz CT molecular complexity index is 531. The van der Waals surface area contributed by atoms with E-state index < -0.39 is 0 Å². The number of halogens is 2. The predicted molar refractivity (Wildman–Crippen MR) is 64.7 cm³/mol. The fourth-order valence-electron chi connectivity index (χ4n) is 1.42. The smallest absolute Gasteiger partial charge is 0.129 e. The van der Waals surface area contributed by atoms with E-state index in [1.807, 2.05) is 6.92 Å². The summed E-state index contributed by atoms with van der Waals surface area (Å²) in [6.45, 7) is 2.21. The summed E-state index contributed by atoms with van der Waals surface area (Å²) in [7, 11) is 0. The molecule has 1 aromatic heterocycles. The summed E-state index contributed by atoms with van der Waals surface area (Å²) in [5.41, 5.74) is 1.79. The number of benzene rings is 1. The third kappa shape index (κ3) is 3.17. The lowest BCUT2D eigenvalue weighted by Crippen LogP contribution is -1.97. The second-order valence-electron chi connectivity index (χ2n) is 3.69. The topological polar surface area (TPSA) is 22.1 Å². The van der Waals surface area contributed by atoms with Crippen LogP contribution < -0.4 is 4.74 Å². The number of hydrogen-bond donors (Lipinski definition) is 0. The van der Waals surface area contributed by atoms with E-state index in [1.165, 1.54) is 12.1 Å². The van der Waals surface area contributed by atoms with Gasteiger partial charge < -0.3 is 4.74 Å². The summed E-state index contributed by atoms with van der Waals surface area (Å²) < 4.78 is 18.6. The van der Waals surface area contributed by atoms with Crippen LogP contribution in [0.2, 0.25) is 5.15 Å². The summed E-state index contributed by atoms with van der Waals surface area (Å²) in [4.78, 5) is 3.88. The highest BCUT2D eigenvalue weighted by atomic mass is 35.5. The molecule has 0 N–H and O–H groups in total. The van der Waals surface area contributed by atoms with Gasteiger partial charge in [0.2, 0.25) is 0 Å². The quantitative estimate of drug-likeness (QED) is 0.775. The van der Waals surface area contributed by atoms with Gasteiger partial charge >= 0.3 is 0 Å². The van der Waals surface area contributed by atoms with Gasteiger partial charge in [0, 0.05) is 12.3 Å². The second-order valence-corrected chi connectivity index (χ2v) is 4.07. The van der Waals surface area contributed by atoms with Crippen LogP contribution in [-0.4, -0.2) is 4.98 Å². The first-order valence-corrected chi connectivity index (χ1v) is 5.52. The molecule has 1 aromatic carbocycles. The summed E-state index contributed by atoms with van der Waals surface area (Å²) in [5, 5.41) is 0.419.